The molecule has 0 bridgehead atoms. The van der Waals surface area contributed by atoms with Crippen LogP contribution in [0.2, 0.25) is 5.04 Å². The van der Waals surface area contributed by atoms with E-state index in [2.05, 4.69) is 39.7 Å². The van der Waals surface area contributed by atoms with E-state index in [1.54, 1.807) is 35.4 Å². The Morgan fingerprint density at radius 3 is 2.13 bits per heavy atom. The van der Waals surface area contributed by atoms with Crippen molar-refractivity contribution in [3.05, 3.63) is 125 Å². The van der Waals surface area contributed by atoms with E-state index in [-0.39, 0.29) is 23.8 Å². The number of amides is 1. The number of halogens is 2. The second-order valence-electron chi connectivity index (χ2n) is 11.9. The maximum absolute atomic E-state index is 14.3. The van der Waals surface area contributed by atoms with Gasteiger partial charge in [0, 0.05) is 31.6 Å². The topological polar surface area (TPSA) is 92.6 Å². The fourth-order valence-electron chi connectivity index (χ4n) is 5.87. The Balaban J connectivity index is 1.49. The van der Waals surface area contributed by atoms with Gasteiger partial charge in [-0.15, -0.1) is 0 Å². The van der Waals surface area contributed by atoms with E-state index in [1.165, 1.54) is 19.1 Å². The van der Waals surface area contributed by atoms with Gasteiger partial charge in [-0.2, -0.15) is 0 Å². The van der Waals surface area contributed by atoms with Crippen LogP contribution in [0.15, 0.2) is 108 Å². The standard InChI is InChI=1S/C36H35BrFN3O4Si/c1-25(42)45-33-31-30(16-10-22-39-31)34(37)40-32(33)35(43)41(24-26-17-19-27(38)20-18-26)23-11-21-36(2,3)46(44,28-12-6-4-7-13-28)29-14-8-5-9-15-29/h4-10,12-20,22,44H,11,21,23-24H2,1-3H3. The third-order valence-corrected chi connectivity index (χ3v) is 13.4. The lowest BCUT2D eigenvalue weighted by molar-refractivity contribution is -0.131. The van der Waals surface area contributed by atoms with Gasteiger partial charge in [-0.1, -0.05) is 86.6 Å². The average Bonchev–Trinajstić information content (AvgIpc) is 3.06. The number of carbonyl (C=O) groups is 2. The molecule has 0 aliphatic rings. The van der Waals surface area contributed by atoms with E-state index >= 15 is 0 Å². The summed E-state index contributed by atoms with van der Waals surface area (Å²) in [6.07, 6.45) is 2.70. The quantitative estimate of drug-likeness (QED) is 0.0973. The maximum atomic E-state index is 14.3. The third kappa shape index (κ3) is 6.94. The van der Waals surface area contributed by atoms with Crippen LogP contribution in [0.1, 0.15) is 49.7 Å². The Hall–Kier alpha value is -4.25. The van der Waals surface area contributed by atoms with Crippen LogP contribution in [-0.4, -0.2) is 46.4 Å². The highest BCUT2D eigenvalue weighted by Crippen LogP contribution is 2.40. The smallest absolute Gasteiger partial charge is 0.308 e. The number of esters is 1. The Morgan fingerprint density at radius 2 is 1.54 bits per heavy atom. The number of hydrogen-bond donors (Lipinski definition) is 1. The van der Waals surface area contributed by atoms with Crippen LogP contribution in [-0.2, 0) is 11.3 Å². The molecule has 0 unspecified atom stereocenters. The van der Waals surface area contributed by atoms with Gasteiger partial charge in [-0.05, 0) is 74.0 Å². The molecule has 0 aliphatic heterocycles. The number of benzene rings is 3. The van der Waals surface area contributed by atoms with E-state index in [4.69, 9.17) is 4.74 Å². The zero-order valence-corrected chi connectivity index (χ0v) is 28.5. The molecule has 0 fully saturated rings. The average molecular weight is 701 g/mol. The van der Waals surface area contributed by atoms with Crippen LogP contribution in [0, 0.1) is 5.82 Å². The van der Waals surface area contributed by atoms with Crippen LogP contribution >= 0.6 is 15.9 Å². The number of aromatic nitrogens is 2. The number of fused-ring (bicyclic) bond motifs is 1. The lowest BCUT2D eigenvalue weighted by atomic mass is 10.1. The SMILES string of the molecule is CC(=O)Oc1c(C(=O)N(CCCC(C)(C)[Si](O)(c2ccccc2)c2ccccc2)Cc2ccc(F)cc2)nc(Br)c2cccnc12. The van der Waals surface area contributed by atoms with Crippen molar-refractivity contribution in [3.63, 3.8) is 0 Å². The van der Waals surface area contributed by atoms with Gasteiger partial charge in [0.25, 0.3) is 14.2 Å². The first-order valence-corrected chi connectivity index (χ1v) is 17.7. The van der Waals surface area contributed by atoms with Gasteiger partial charge in [-0.3, -0.25) is 14.6 Å². The molecule has 0 aliphatic carbocycles. The molecular weight excluding hydrogens is 665 g/mol. The minimum Gasteiger partial charge on any atom is -0.424 e. The molecule has 2 aromatic heterocycles. The number of ether oxygens (including phenoxy) is 1. The van der Waals surface area contributed by atoms with Crippen molar-refractivity contribution < 1.29 is 23.5 Å². The van der Waals surface area contributed by atoms with Crippen LogP contribution in [0.3, 0.4) is 0 Å². The molecule has 0 spiro atoms. The summed E-state index contributed by atoms with van der Waals surface area (Å²) in [5, 5.41) is 1.88. The number of hydrogen-bond acceptors (Lipinski definition) is 6. The summed E-state index contributed by atoms with van der Waals surface area (Å²) in [7, 11) is -3.27. The molecule has 7 nitrogen and oxygen atoms in total. The van der Waals surface area contributed by atoms with Crippen molar-refractivity contribution >= 4 is 57.4 Å². The number of carbonyl (C=O) groups excluding carboxylic acids is 2. The highest BCUT2D eigenvalue weighted by atomic mass is 79.9. The van der Waals surface area contributed by atoms with Crippen LogP contribution in [0.4, 0.5) is 4.39 Å². The van der Waals surface area contributed by atoms with Crippen molar-refractivity contribution in [3.8, 4) is 5.75 Å². The van der Waals surface area contributed by atoms with E-state index in [1.807, 2.05) is 60.7 Å². The van der Waals surface area contributed by atoms with Crippen LogP contribution in [0.25, 0.3) is 10.9 Å². The van der Waals surface area contributed by atoms with Crippen LogP contribution < -0.4 is 15.1 Å². The molecular formula is C36H35BrFN3O4Si. The number of rotatable bonds is 11. The highest BCUT2D eigenvalue weighted by Gasteiger charge is 2.49. The molecule has 10 heteroatoms. The molecule has 0 atom stereocenters. The Bertz CT molecular complexity index is 1800. The summed E-state index contributed by atoms with van der Waals surface area (Å²) < 4.78 is 19.7. The summed E-state index contributed by atoms with van der Waals surface area (Å²) in [5.41, 5.74) is 0.988. The van der Waals surface area contributed by atoms with Gasteiger partial charge in [0.2, 0.25) is 0 Å². The summed E-state index contributed by atoms with van der Waals surface area (Å²) in [4.78, 5) is 49.6. The molecule has 0 saturated heterocycles. The van der Waals surface area contributed by atoms with Gasteiger partial charge in [0.1, 0.15) is 15.9 Å². The molecule has 2 heterocycles. The fraction of sp³-hybridized carbons (Fsp3) is 0.222. The van der Waals surface area contributed by atoms with E-state index in [0.717, 1.165) is 15.9 Å². The molecule has 3 aromatic carbocycles. The van der Waals surface area contributed by atoms with Crippen molar-refractivity contribution in [2.75, 3.05) is 6.54 Å². The van der Waals surface area contributed by atoms with Gasteiger partial charge < -0.3 is 14.4 Å². The van der Waals surface area contributed by atoms with Gasteiger partial charge in [-0.25, -0.2) is 9.37 Å². The maximum Gasteiger partial charge on any atom is 0.308 e. The molecule has 46 heavy (non-hydrogen) atoms. The summed E-state index contributed by atoms with van der Waals surface area (Å²) >= 11 is 3.46. The first-order chi connectivity index (χ1) is 22.0. The monoisotopic (exact) mass is 699 g/mol. The first kappa shape index (κ1) is 33.1. The van der Waals surface area contributed by atoms with E-state index in [0.29, 0.717) is 34.9 Å². The lowest BCUT2D eigenvalue weighted by Crippen LogP contribution is -2.65. The second-order valence-corrected chi connectivity index (χ2v) is 16.5. The summed E-state index contributed by atoms with van der Waals surface area (Å²) in [6, 6.07) is 29.1. The van der Waals surface area contributed by atoms with Gasteiger partial charge in [0.05, 0.1) is 0 Å². The van der Waals surface area contributed by atoms with Crippen molar-refractivity contribution in [1.29, 1.82) is 0 Å². The van der Waals surface area contributed by atoms with E-state index in [9.17, 15) is 18.8 Å². The van der Waals surface area contributed by atoms with Crippen molar-refractivity contribution in [2.24, 2.45) is 0 Å². The summed E-state index contributed by atoms with van der Waals surface area (Å²) in [6.45, 7) is 5.88. The predicted octanol–water partition coefficient (Wildman–Crippen LogP) is 6.41. The van der Waals surface area contributed by atoms with Crippen LogP contribution in [0.5, 0.6) is 5.75 Å². The Kier molecular flexibility index (Phi) is 10.1. The summed E-state index contributed by atoms with van der Waals surface area (Å²) in [5.74, 6) is -1.47. The van der Waals surface area contributed by atoms with E-state index < -0.39 is 25.2 Å². The molecule has 5 rings (SSSR count). The molecule has 5 aromatic rings. The van der Waals surface area contributed by atoms with Crippen molar-refractivity contribution in [2.45, 2.75) is 45.2 Å². The van der Waals surface area contributed by atoms with Gasteiger partial charge >= 0.3 is 5.97 Å². The lowest BCUT2D eigenvalue weighted by Gasteiger charge is -2.41. The number of nitrogens with zero attached hydrogens (tertiary/aromatic N) is 3. The minimum absolute atomic E-state index is 0.0179. The normalized spacial score (nSPS) is 11.8. The Labute approximate surface area is 277 Å². The third-order valence-electron chi connectivity index (χ3n) is 8.28. The molecule has 1 N–H and O–H groups in total. The molecule has 0 radical (unpaired) electrons. The largest absolute Gasteiger partial charge is 0.424 e. The molecule has 1 amide bonds. The zero-order chi connectivity index (χ0) is 32.9. The zero-order valence-electron chi connectivity index (χ0n) is 25.9. The van der Waals surface area contributed by atoms with Crippen molar-refractivity contribution in [1.82, 2.24) is 14.9 Å². The minimum atomic E-state index is -3.27. The fourth-order valence-corrected chi connectivity index (χ4v) is 10.2. The predicted molar refractivity (Wildman–Crippen MR) is 183 cm³/mol. The second kappa shape index (κ2) is 14.0. The Morgan fingerprint density at radius 1 is 0.935 bits per heavy atom. The molecule has 0 saturated carbocycles. The van der Waals surface area contributed by atoms with Gasteiger partial charge in [0.15, 0.2) is 11.4 Å². The first-order valence-electron chi connectivity index (χ1n) is 15.0. The molecule has 236 valence electrons. The highest BCUT2D eigenvalue weighted by molar-refractivity contribution is 9.10. The number of pyridine rings is 2.